The third kappa shape index (κ3) is 3.12. The van der Waals surface area contributed by atoms with Crippen molar-refractivity contribution >= 4 is 5.97 Å². The molecule has 2 rings (SSSR count). The second kappa shape index (κ2) is 5.08. The molecule has 0 N–H and O–H groups in total. The van der Waals surface area contributed by atoms with E-state index in [9.17, 15) is 4.79 Å². The van der Waals surface area contributed by atoms with Crippen LogP contribution in [0.5, 0.6) is 11.5 Å². The van der Waals surface area contributed by atoms with Crippen molar-refractivity contribution in [2.75, 3.05) is 6.61 Å². The minimum absolute atomic E-state index is 0.0272. The molecule has 0 fully saturated rings. The fourth-order valence-corrected chi connectivity index (χ4v) is 1.84. The molecule has 0 aromatic heterocycles. The van der Waals surface area contributed by atoms with Crippen molar-refractivity contribution in [3.8, 4) is 11.5 Å². The predicted molar refractivity (Wildman–Crippen MR) is 62.2 cm³/mol. The highest BCUT2D eigenvalue weighted by atomic mass is 16.6. The van der Waals surface area contributed by atoms with Gasteiger partial charge >= 0.3 is 5.97 Å². The van der Waals surface area contributed by atoms with Crippen molar-refractivity contribution in [1.82, 2.24) is 0 Å². The quantitative estimate of drug-likeness (QED) is 0.647. The first-order chi connectivity index (χ1) is 8.15. The number of para-hydroxylation sites is 2. The minimum atomic E-state index is -0.346. The summed E-state index contributed by atoms with van der Waals surface area (Å²) in [5.41, 5.74) is 0. The number of cyclic esters (lactones) is 1. The zero-order chi connectivity index (χ0) is 12.3. The zero-order valence-corrected chi connectivity index (χ0v) is 10.0. The first-order valence-corrected chi connectivity index (χ1v) is 5.73. The Balaban J connectivity index is 2.21. The van der Waals surface area contributed by atoms with E-state index in [0.717, 1.165) is 0 Å². The number of hydrogen-bond donors (Lipinski definition) is 0. The van der Waals surface area contributed by atoms with Crippen molar-refractivity contribution in [2.45, 2.75) is 32.5 Å². The Hall–Kier alpha value is -1.71. The van der Waals surface area contributed by atoms with Crippen LogP contribution in [-0.4, -0.2) is 24.8 Å². The fraction of sp³-hybridized carbons (Fsp3) is 0.462. The standard InChI is InChI=1S/C13H16O4/c1-9-7-10(2)17-13(14)8-15-11-5-3-4-6-12(11)16-9/h3-6,9-10H,7-8H2,1-2H3/t9-,10+/m0/s1. The maximum Gasteiger partial charge on any atom is 0.344 e. The van der Waals surface area contributed by atoms with Gasteiger partial charge in [0.1, 0.15) is 6.10 Å². The second-order valence-corrected chi connectivity index (χ2v) is 4.20. The molecule has 1 aliphatic heterocycles. The van der Waals surface area contributed by atoms with Crippen LogP contribution in [0.15, 0.2) is 24.3 Å². The smallest absolute Gasteiger partial charge is 0.344 e. The number of rotatable bonds is 0. The van der Waals surface area contributed by atoms with Gasteiger partial charge in [0.05, 0.1) is 6.10 Å². The summed E-state index contributed by atoms with van der Waals surface area (Å²) in [4.78, 5) is 11.4. The molecule has 0 saturated heterocycles. The molecule has 17 heavy (non-hydrogen) atoms. The van der Waals surface area contributed by atoms with Gasteiger partial charge in [-0.25, -0.2) is 4.79 Å². The lowest BCUT2D eigenvalue weighted by Crippen LogP contribution is -2.27. The van der Waals surface area contributed by atoms with E-state index in [2.05, 4.69) is 0 Å². The topological polar surface area (TPSA) is 44.8 Å². The molecule has 0 unspecified atom stereocenters. The second-order valence-electron chi connectivity index (χ2n) is 4.20. The molecule has 1 aromatic rings. The van der Waals surface area contributed by atoms with Gasteiger partial charge in [-0.05, 0) is 26.0 Å². The van der Waals surface area contributed by atoms with Gasteiger partial charge in [-0.2, -0.15) is 0 Å². The summed E-state index contributed by atoms with van der Waals surface area (Å²) in [7, 11) is 0. The van der Waals surface area contributed by atoms with Gasteiger partial charge in [-0.1, -0.05) is 12.1 Å². The average molecular weight is 236 g/mol. The van der Waals surface area contributed by atoms with Gasteiger partial charge in [-0.15, -0.1) is 0 Å². The Kier molecular flexibility index (Phi) is 3.52. The van der Waals surface area contributed by atoms with Crippen LogP contribution in [-0.2, 0) is 9.53 Å². The molecule has 4 nitrogen and oxygen atoms in total. The Bertz CT molecular complexity index is 402. The molecule has 4 heteroatoms. The van der Waals surface area contributed by atoms with E-state index in [1.165, 1.54) is 0 Å². The molecule has 1 aliphatic rings. The summed E-state index contributed by atoms with van der Waals surface area (Å²) in [6.45, 7) is 3.72. The van der Waals surface area contributed by atoms with Crippen LogP contribution >= 0.6 is 0 Å². The van der Waals surface area contributed by atoms with Crippen molar-refractivity contribution < 1.29 is 19.0 Å². The molecule has 1 aromatic carbocycles. The maximum absolute atomic E-state index is 11.4. The van der Waals surface area contributed by atoms with E-state index in [1.54, 1.807) is 6.07 Å². The molecule has 92 valence electrons. The maximum atomic E-state index is 11.4. The van der Waals surface area contributed by atoms with Crippen molar-refractivity contribution in [2.24, 2.45) is 0 Å². The van der Waals surface area contributed by atoms with Gasteiger partial charge in [-0.3, -0.25) is 0 Å². The Labute approximate surface area is 100 Å². The molecule has 2 atom stereocenters. The van der Waals surface area contributed by atoms with Gasteiger partial charge < -0.3 is 14.2 Å². The van der Waals surface area contributed by atoms with E-state index >= 15 is 0 Å². The van der Waals surface area contributed by atoms with Crippen molar-refractivity contribution in [1.29, 1.82) is 0 Å². The van der Waals surface area contributed by atoms with Crippen LogP contribution in [0.2, 0.25) is 0 Å². The largest absolute Gasteiger partial charge is 0.487 e. The Morgan fingerprint density at radius 3 is 2.47 bits per heavy atom. The lowest BCUT2D eigenvalue weighted by atomic mass is 10.2. The van der Waals surface area contributed by atoms with Gasteiger partial charge in [0, 0.05) is 6.42 Å². The number of carbonyl (C=O) groups excluding carboxylic acids is 1. The molecule has 0 saturated carbocycles. The fourth-order valence-electron chi connectivity index (χ4n) is 1.84. The highest BCUT2D eigenvalue weighted by Gasteiger charge is 2.19. The molecule has 0 amide bonds. The summed E-state index contributed by atoms with van der Waals surface area (Å²) in [5.74, 6) is 0.897. The lowest BCUT2D eigenvalue weighted by Gasteiger charge is -2.22. The van der Waals surface area contributed by atoms with Crippen LogP contribution in [0, 0.1) is 0 Å². The third-order valence-electron chi connectivity index (χ3n) is 2.52. The summed E-state index contributed by atoms with van der Waals surface area (Å²) in [6.07, 6.45) is 0.479. The van der Waals surface area contributed by atoms with Crippen LogP contribution < -0.4 is 9.47 Å². The normalized spacial score (nSPS) is 24.9. The summed E-state index contributed by atoms with van der Waals surface area (Å²) in [5, 5.41) is 0. The number of esters is 1. The van der Waals surface area contributed by atoms with Crippen LogP contribution in [0.25, 0.3) is 0 Å². The number of hydrogen-bond acceptors (Lipinski definition) is 4. The Morgan fingerprint density at radius 2 is 1.71 bits per heavy atom. The van der Waals surface area contributed by atoms with E-state index in [-0.39, 0.29) is 24.8 Å². The van der Waals surface area contributed by atoms with Gasteiger partial charge in [0.15, 0.2) is 18.1 Å². The molecule has 0 bridgehead atoms. The van der Waals surface area contributed by atoms with Crippen molar-refractivity contribution in [3.63, 3.8) is 0 Å². The summed E-state index contributed by atoms with van der Waals surface area (Å²) in [6, 6.07) is 7.33. The number of ether oxygens (including phenoxy) is 3. The first kappa shape index (κ1) is 11.8. The van der Waals surface area contributed by atoms with E-state index in [4.69, 9.17) is 14.2 Å². The highest BCUT2D eigenvalue weighted by Crippen LogP contribution is 2.28. The predicted octanol–water partition coefficient (Wildman–Crippen LogP) is 2.17. The average Bonchev–Trinajstić information content (AvgIpc) is 2.26. The van der Waals surface area contributed by atoms with E-state index in [1.807, 2.05) is 32.0 Å². The SMILES string of the molecule is C[C@@H]1C[C@H](C)Oc2ccccc2OCC(=O)O1. The minimum Gasteiger partial charge on any atom is -0.487 e. The Morgan fingerprint density at radius 1 is 1.06 bits per heavy atom. The zero-order valence-electron chi connectivity index (χ0n) is 10.0. The number of fused-ring (bicyclic) bond motifs is 1. The lowest BCUT2D eigenvalue weighted by molar-refractivity contribution is -0.152. The van der Waals surface area contributed by atoms with E-state index in [0.29, 0.717) is 17.9 Å². The number of benzene rings is 1. The highest BCUT2D eigenvalue weighted by molar-refractivity contribution is 5.71. The summed E-state index contributed by atoms with van der Waals surface area (Å²) >= 11 is 0. The number of carbonyl (C=O) groups is 1. The monoisotopic (exact) mass is 236 g/mol. The van der Waals surface area contributed by atoms with Gasteiger partial charge in [0.2, 0.25) is 0 Å². The summed E-state index contributed by atoms with van der Waals surface area (Å²) < 4.78 is 16.3. The first-order valence-electron chi connectivity index (χ1n) is 5.73. The molecule has 1 heterocycles. The molecular formula is C13H16O4. The van der Waals surface area contributed by atoms with Crippen LogP contribution in [0.3, 0.4) is 0 Å². The molecular weight excluding hydrogens is 220 g/mol. The van der Waals surface area contributed by atoms with E-state index < -0.39 is 0 Å². The molecule has 0 spiro atoms. The molecule has 0 aliphatic carbocycles. The van der Waals surface area contributed by atoms with Gasteiger partial charge in [0.25, 0.3) is 0 Å². The van der Waals surface area contributed by atoms with Crippen molar-refractivity contribution in [3.05, 3.63) is 24.3 Å². The van der Waals surface area contributed by atoms with Crippen LogP contribution in [0.4, 0.5) is 0 Å². The third-order valence-corrected chi connectivity index (χ3v) is 2.52. The van der Waals surface area contributed by atoms with Crippen LogP contribution in [0.1, 0.15) is 20.3 Å². The molecule has 0 radical (unpaired) electrons.